The highest BCUT2D eigenvalue weighted by Gasteiger charge is 2.07. The molecule has 0 unspecified atom stereocenters. The highest BCUT2D eigenvalue weighted by Crippen LogP contribution is 2.14. The monoisotopic (exact) mass is 274 g/mol. The summed E-state index contributed by atoms with van der Waals surface area (Å²) in [6, 6.07) is 7.56. The lowest BCUT2D eigenvalue weighted by Crippen LogP contribution is -2.12. The van der Waals surface area contributed by atoms with Gasteiger partial charge in [0.1, 0.15) is 11.3 Å². The van der Waals surface area contributed by atoms with Crippen molar-refractivity contribution < 1.29 is 0 Å². The Balaban J connectivity index is 2.02. The van der Waals surface area contributed by atoms with Gasteiger partial charge in [-0.25, -0.2) is 14.8 Å². The van der Waals surface area contributed by atoms with Crippen LogP contribution in [0.25, 0.3) is 11.2 Å². The summed E-state index contributed by atoms with van der Waals surface area (Å²) in [6.07, 6.45) is 2.21. The van der Waals surface area contributed by atoms with Crippen LogP contribution in [0, 0.1) is 0 Å². The molecule has 0 aliphatic rings. The van der Waals surface area contributed by atoms with E-state index in [2.05, 4.69) is 15.0 Å². The second-order valence-electron chi connectivity index (χ2n) is 4.32. The van der Waals surface area contributed by atoms with E-state index in [4.69, 9.17) is 11.6 Å². The maximum absolute atomic E-state index is 11.5. The highest BCUT2D eigenvalue weighted by molar-refractivity contribution is 6.30. The highest BCUT2D eigenvalue weighted by atomic mass is 35.5. The first-order chi connectivity index (χ1) is 9.13. The number of aromatic nitrogens is 4. The summed E-state index contributed by atoms with van der Waals surface area (Å²) >= 11 is 5.94. The minimum Gasteiger partial charge on any atom is -0.303 e. The maximum atomic E-state index is 11.5. The molecule has 2 heterocycles. The van der Waals surface area contributed by atoms with Crippen molar-refractivity contribution in [1.29, 1.82) is 0 Å². The van der Waals surface area contributed by atoms with Gasteiger partial charge >= 0.3 is 5.69 Å². The Hall–Kier alpha value is -2.14. The number of hydrogen-bond donors (Lipinski definition) is 1. The smallest absolute Gasteiger partial charge is 0.303 e. The van der Waals surface area contributed by atoms with E-state index < -0.39 is 0 Å². The van der Waals surface area contributed by atoms with E-state index in [1.54, 1.807) is 13.2 Å². The molecular formula is C13H11ClN4O. The van der Waals surface area contributed by atoms with E-state index in [9.17, 15) is 4.79 Å². The molecule has 3 aromatic rings. The Morgan fingerprint density at radius 1 is 1.42 bits per heavy atom. The molecule has 0 radical (unpaired) electrons. The fraction of sp³-hybridized carbons (Fsp3) is 0.154. The zero-order valence-electron chi connectivity index (χ0n) is 10.2. The number of aryl methyl sites for hydroxylation is 1. The van der Waals surface area contributed by atoms with Gasteiger partial charge in [0.25, 0.3) is 0 Å². The molecule has 1 N–H and O–H groups in total. The zero-order chi connectivity index (χ0) is 13.4. The van der Waals surface area contributed by atoms with Crippen molar-refractivity contribution >= 4 is 22.8 Å². The van der Waals surface area contributed by atoms with Crippen LogP contribution in [0.1, 0.15) is 11.4 Å². The van der Waals surface area contributed by atoms with Gasteiger partial charge in [-0.2, -0.15) is 0 Å². The topological polar surface area (TPSA) is 63.6 Å². The molecule has 0 spiro atoms. The van der Waals surface area contributed by atoms with Gasteiger partial charge < -0.3 is 4.98 Å². The summed E-state index contributed by atoms with van der Waals surface area (Å²) < 4.78 is 1.47. The van der Waals surface area contributed by atoms with Gasteiger partial charge in [-0.15, -0.1) is 0 Å². The molecule has 19 heavy (non-hydrogen) atoms. The van der Waals surface area contributed by atoms with Crippen LogP contribution in [0.2, 0.25) is 5.02 Å². The quantitative estimate of drug-likeness (QED) is 0.776. The molecule has 6 heteroatoms. The van der Waals surface area contributed by atoms with Crippen LogP contribution >= 0.6 is 11.6 Å². The van der Waals surface area contributed by atoms with E-state index in [-0.39, 0.29) is 5.69 Å². The Morgan fingerprint density at radius 3 is 3.05 bits per heavy atom. The van der Waals surface area contributed by atoms with Gasteiger partial charge in [0.2, 0.25) is 0 Å². The lowest BCUT2D eigenvalue weighted by atomic mass is 10.1. The minimum absolute atomic E-state index is 0.191. The van der Waals surface area contributed by atoms with Crippen molar-refractivity contribution in [1.82, 2.24) is 19.5 Å². The predicted molar refractivity (Wildman–Crippen MR) is 73.4 cm³/mol. The SMILES string of the molecule is Cn1c(=O)[nH]c2cnc(Cc3cccc(Cl)c3)nc21. The molecule has 0 saturated heterocycles. The Labute approximate surface area is 113 Å². The fourth-order valence-corrected chi connectivity index (χ4v) is 2.17. The second-order valence-corrected chi connectivity index (χ2v) is 4.76. The summed E-state index contributed by atoms with van der Waals surface area (Å²) in [4.78, 5) is 22.8. The number of fused-ring (bicyclic) bond motifs is 1. The van der Waals surface area contributed by atoms with Crippen LogP contribution in [0.5, 0.6) is 0 Å². The van der Waals surface area contributed by atoms with E-state index in [0.29, 0.717) is 28.4 Å². The molecule has 0 aliphatic carbocycles. The van der Waals surface area contributed by atoms with Crippen molar-refractivity contribution in [2.24, 2.45) is 7.05 Å². The number of halogens is 1. The number of hydrogen-bond acceptors (Lipinski definition) is 3. The van der Waals surface area contributed by atoms with E-state index >= 15 is 0 Å². The lowest BCUT2D eigenvalue weighted by Gasteiger charge is -2.01. The molecule has 2 aromatic heterocycles. The molecule has 1 aromatic carbocycles. The first-order valence-electron chi connectivity index (χ1n) is 5.78. The van der Waals surface area contributed by atoms with E-state index in [0.717, 1.165) is 5.56 Å². The Morgan fingerprint density at radius 2 is 2.26 bits per heavy atom. The van der Waals surface area contributed by atoms with Crippen molar-refractivity contribution in [3.63, 3.8) is 0 Å². The van der Waals surface area contributed by atoms with Crippen LogP contribution in [0.15, 0.2) is 35.3 Å². The molecule has 0 atom stereocenters. The minimum atomic E-state index is -0.191. The maximum Gasteiger partial charge on any atom is 0.327 e. The molecule has 0 saturated carbocycles. The zero-order valence-corrected chi connectivity index (χ0v) is 11.0. The number of imidazole rings is 1. The van der Waals surface area contributed by atoms with Gasteiger partial charge in [0, 0.05) is 18.5 Å². The van der Waals surface area contributed by atoms with E-state index in [1.807, 2.05) is 24.3 Å². The summed E-state index contributed by atoms with van der Waals surface area (Å²) in [6.45, 7) is 0. The van der Waals surface area contributed by atoms with Crippen LogP contribution in [-0.4, -0.2) is 19.5 Å². The molecule has 0 aliphatic heterocycles. The van der Waals surface area contributed by atoms with Crippen molar-refractivity contribution in [2.45, 2.75) is 6.42 Å². The van der Waals surface area contributed by atoms with Gasteiger partial charge in [-0.3, -0.25) is 4.57 Å². The third-order valence-corrected chi connectivity index (χ3v) is 3.17. The summed E-state index contributed by atoms with van der Waals surface area (Å²) in [7, 11) is 1.68. The van der Waals surface area contributed by atoms with E-state index in [1.165, 1.54) is 4.57 Å². The molecule has 0 bridgehead atoms. The van der Waals surface area contributed by atoms with Crippen LogP contribution in [-0.2, 0) is 13.5 Å². The normalized spacial score (nSPS) is 11.1. The summed E-state index contributed by atoms with van der Waals surface area (Å²) in [5, 5.41) is 0.688. The van der Waals surface area contributed by atoms with Crippen molar-refractivity contribution in [2.75, 3.05) is 0 Å². The van der Waals surface area contributed by atoms with Gasteiger partial charge in [0.15, 0.2) is 5.65 Å². The van der Waals surface area contributed by atoms with Crippen LogP contribution < -0.4 is 5.69 Å². The number of aromatic amines is 1. The first kappa shape index (κ1) is 11.9. The fourth-order valence-electron chi connectivity index (χ4n) is 1.96. The average molecular weight is 275 g/mol. The predicted octanol–water partition coefficient (Wildman–Crippen LogP) is 1.90. The van der Waals surface area contributed by atoms with Crippen LogP contribution in [0.3, 0.4) is 0 Å². The number of nitrogens with one attached hydrogen (secondary N) is 1. The molecule has 0 amide bonds. The molecule has 96 valence electrons. The first-order valence-corrected chi connectivity index (χ1v) is 6.16. The average Bonchev–Trinajstić information content (AvgIpc) is 2.66. The third-order valence-electron chi connectivity index (χ3n) is 2.93. The summed E-state index contributed by atoms with van der Waals surface area (Å²) in [5.74, 6) is 0.657. The number of H-pyrrole nitrogens is 1. The van der Waals surface area contributed by atoms with Gasteiger partial charge in [-0.1, -0.05) is 23.7 Å². The molecular weight excluding hydrogens is 264 g/mol. The largest absolute Gasteiger partial charge is 0.327 e. The molecule has 5 nitrogen and oxygen atoms in total. The standard InChI is InChI=1S/C13H11ClN4O/c1-18-12-10(16-13(18)19)7-15-11(17-12)6-8-3-2-4-9(14)5-8/h2-5,7H,6H2,1H3,(H,16,19). The molecule has 0 fully saturated rings. The van der Waals surface area contributed by atoms with Crippen molar-refractivity contribution in [3.05, 3.63) is 57.4 Å². The molecule has 3 rings (SSSR count). The number of nitrogens with zero attached hydrogens (tertiary/aromatic N) is 3. The second kappa shape index (κ2) is 4.51. The third kappa shape index (κ3) is 2.24. The van der Waals surface area contributed by atoms with Gasteiger partial charge in [-0.05, 0) is 17.7 Å². The van der Waals surface area contributed by atoms with Gasteiger partial charge in [0.05, 0.1) is 6.20 Å². The lowest BCUT2D eigenvalue weighted by molar-refractivity contribution is 0.867. The van der Waals surface area contributed by atoms with Crippen LogP contribution in [0.4, 0.5) is 0 Å². The van der Waals surface area contributed by atoms with Crippen molar-refractivity contribution in [3.8, 4) is 0 Å². The summed E-state index contributed by atoms with van der Waals surface area (Å²) in [5.41, 5.74) is 2.09. The number of benzene rings is 1. The Bertz CT molecular complexity index is 806. The Kier molecular flexibility index (Phi) is 2.83. The number of rotatable bonds is 2.